The third-order valence-corrected chi connectivity index (χ3v) is 6.68. The molecule has 35 heavy (non-hydrogen) atoms. The number of rotatable bonds is 6. The van der Waals surface area contributed by atoms with E-state index in [4.69, 9.17) is 4.98 Å². The van der Waals surface area contributed by atoms with Crippen LogP contribution in [0.4, 0.5) is 10.1 Å². The molecule has 0 amide bonds. The van der Waals surface area contributed by atoms with Gasteiger partial charge in [0, 0.05) is 34.3 Å². The lowest BCUT2D eigenvalue weighted by Crippen LogP contribution is -2.11. The van der Waals surface area contributed by atoms with Crippen molar-refractivity contribution in [2.45, 2.75) is 19.9 Å². The molecule has 0 spiro atoms. The van der Waals surface area contributed by atoms with Gasteiger partial charge in [0.2, 0.25) is 0 Å². The predicted octanol–water partition coefficient (Wildman–Crippen LogP) is 7.34. The van der Waals surface area contributed by atoms with E-state index in [1.54, 1.807) is 36.5 Å². The second kappa shape index (κ2) is 9.27. The highest BCUT2D eigenvalue weighted by Crippen LogP contribution is 2.37. The Hall–Kier alpha value is -4.10. The smallest absolute Gasteiger partial charge is 0.337 e. The van der Waals surface area contributed by atoms with Crippen LogP contribution in [-0.2, 0) is 0 Å². The number of carboxylic acids is 1. The molecule has 5 nitrogen and oxygen atoms in total. The number of para-hydroxylation sites is 1. The molecule has 5 aromatic rings. The average molecular weight is 484 g/mol. The molecule has 7 heteroatoms. The van der Waals surface area contributed by atoms with Gasteiger partial charge in [-0.15, -0.1) is 11.3 Å². The number of aromatic nitrogens is 2. The monoisotopic (exact) mass is 483 g/mol. The van der Waals surface area contributed by atoms with Gasteiger partial charge in [0.25, 0.3) is 0 Å². The number of carbonyl (C=O) groups is 1. The Bertz CT molecular complexity index is 1530. The number of pyridine rings is 1. The Morgan fingerprint density at radius 2 is 1.86 bits per heavy atom. The normalized spacial score (nSPS) is 12.0. The molecule has 0 fully saturated rings. The molecule has 0 bridgehead atoms. The zero-order valence-electron chi connectivity index (χ0n) is 19.1. The van der Waals surface area contributed by atoms with E-state index >= 15 is 0 Å². The summed E-state index contributed by atoms with van der Waals surface area (Å²) in [4.78, 5) is 21.2. The number of benzene rings is 3. The predicted molar refractivity (Wildman–Crippen MR) is 138 cm³/mol. The van der Waals surface area contributed by atoms with Crippen LogP contribution < -0.4 is 5.32 Å². The van der Waals surface area contributed by atoms with Gasteiger partial charge in [-0.05, 0) is 66.9 Å². The number of aryl methyl sites for hydroxylation is 1. The number of hydrogen-bond acceptors (Lipinski definition) is 5. The summed E-state index contributed by atoms with van der Waals surface area (Å²) in [7, 11) is 0. The van der Waals surface area contributed by atoms with Crippen molar-refractivity contribution in [2.24, 2.45) is 0 Å². The molecule has 2 aromatic heterocycles. The molecular weight excluding hydrogens is 461 g/mol. The van der Waals surface area contributed by atoms with Gasteiger partial charge in [-0.2, -0.15) is 0 Å². The fourth-order valence-electron chi connectivity index (χ4n) is 4.27. The van der Waals surface area contributed by atoms with Crippen molar-refractivity contribution < 1.29 is 14.3 Å². The SMILES string of the molecule is Cc1cc(C(C)Nc2ccccc2C(=O)O)c2cc(-c3ccc(F)cc3)c(-c3nccs3)nc2c1. The minimum atomic E-state index is -0.984. The van der Waals surface area contributed by atoms with Crippen LogP contribution in [0, 0.1) is 12.7 Å². The Kier molecular flexibility index (Phi) is 6.01. The molecule has 5 rings (SSSR count). The standard InChI is InChI=1S/C28H22FN3O2S/c1-16-13-21(17(2)31-24-6-4-3-5-20(24)28(33)34)23-15-22(18-7-9-19(29)10-8-18)26(32-25(23)14-16)27-30-11-12-35-27/h3-15,17,31H,1-2H3,(H,33,34). The molecule has 0 aliphatic rings. The molecular formula is C28H22FN3O2S. The highest BCUT2D eigenvalue weighted by molar-refractivity contribution is 7.13. The highest BCUT2D eigenvalue weighted by atomic mass is 32.1. The Morgan fingerprint density at radius 1 is 1.09 bits per heavy atom. The first-order chi connectivity index (χ1) is 16.9. The van der Waals surface area contributed by atoms with Crippen molar-refractivity contribution in [2.75, 3.05) is 5.32 Å². The van der Waals surface area contributed by atoms with Crippen LogP contribution in [0.25, 0.3) is 32.7 Å². The van der Waals surface area contributed by atoms with Crippen molar-refractivity contribution in [1.29, 1.82) is 0 Å². The number of nitrogens with one attached hydrogen (secondary N) is 1. The Morgan fingerprint density at radius 3 is 2.57 bits per heavy atom. The number of anilines is 1. The number of hydrogen-bond donors (Lipinski definition) is 2. The molecule has 3 aromatic carbocycles. The van der Waals surface area contributed by atoms with Crippen LogP contribution in [0.2, 0.25) is 0 Å². The molecule has 0 aliphatic carbocycles. The fourth-order valence-corrected chi connectivity index (χ4v) is 4.91. The summed E-state index contributed by atoms with van der Waals surface area (Å²) in [6, 6.07) is 19.2. The summed E-state index contributed by atoms with van der Waals surface area (Å²) in [5.74, 6) is -1.28. The zero-order chi connectivity index (χ0) is 24.5. The van der Waals surface area contributed by atoms with Crippen molar-refractivity contribution >= 4 is 33.9 Å². The van der Waals surface area contributed by atoms with Crippen LogP contribution in [0.5, 0.6) is 0 Å². The quantitative estimate of drug-likeness (QED) is 0.264. The second-order valence-electron chi connectivity index (χ2n) is 8.37. The number of thiazole rings is 1. The van der Waals surface area contributed by atoms with Crippen molar-refractivity contribution in [1.82, 2.24) is 9.97 Å². The van der Waals surface area contributed by atoms with Gasteiger partial charge in [0.05, 0.1) is 11.1 Å². The molecule has 0 radical (unpaired) electrons. The molecule has 1 unspecified atom stereocenters. The average Bonchev–Trinajstić information content (AvgIpc) is 3.38. The summed E-state index contributed by atoms with van der Waals surface area (Å²) in [5, 5.41) is 16.6. The van der Waals surface area contributed by atoms with Gasteiger partial charge in [0.15, 0.2) is 0 Å². The first-order valence-electron chi connectivity index (χ1n) is 11.1. The summed E-state index contributed by atoms with van der Waals surface area (Å²) in [6.45, 7) is 4.01. The largest absolute Gasteiger partial charge is 0.478 e. The molecule has 1 atom stereocenters. The minimum Gasteiger partial charge on any atom is -0.478 e. The first-order valence-corrected chi connectivity index (χ1v) is 12.0. The van der Waals surface area contributed by atoms with Gasteiger partial charge in [-0.3, -0.25) is 0 Å². The summed E-state index contributed by atoms with van der Waals surface area (Å²) in [5.41, 5.74) is 6.05. The maximum absolute atomic E-state index is 13.7. The van der Waals surface area contributed by atoms with Crippen molar-refractivity contribution in [3.05, 3.63) is 101 Å². The van der Waals surface area contributed by atoms with E-state index in [-0.39, 0.29) is 17.4 Å². The molecule has 0 saturated carbocycles. The third kappa shape index (κ3) is 4.50. The summed E-state index contributed by atoms with van der Waals surface area (Å²) >= 11 is 1.50. The van der Waals surface area contributed by atoms with E-state index < -0.39 is 5.97 Å². The first kappa shape index (κ1) is 22.7. The zero-order valence-corrected chi connectivity index (χ0v) is 19.9. The van der Waals surface area contributed by atoms with Crippen LogP contribution in [-0.4, -0.2) is 21.0 Å². The lowest BCUT2D eigenvalue weighted by molar-refractivity contribution is 0.0698. The lowest BCUT2D eigenvalue weighted by atomic mass is 9.95. The molecule has 2 heterocycles. The molecule has 2 N–H and O–H groups in total. The van der Waals surface area contributed by atoms with Gasteiger partial charge in [0.1, 0.15) is 16.5 Å². The number of nitrogens with zero attached hydrogens (tertiary/aromatic N) is 2. The lowest BCUT2D eigenvalue weighted by Gasteiger charge is -2.21. The van der Waals surface area contributed by atoms with E-state index in [9.17, 15) is 14.3 Å². The Balaban J connectivity index is 1.69. The van der Waals surface area contributed by atoms with E-state index in [2.05, 4.69) is 22.4 Å². The second-order valence-corrected chi connectivity index (χ2v) is 9.26. The Labute approximate surface area is 205 Å². The van der Waals surface area contributed by atoms with E-state index in [1.165, 1.54) is 23.5 Å². The van der Waals surface area contributed by atoms with E-state index in [1.807, 2.05) is 31.4 Å². The highest BCUT2D eigenvalue weighted by Gasteiger charge is 2.19. The minimum absolute atomic E-state index is 0.202. The van der Waals surface area contributed by atoms with Crippen LogP contribution in [0.1, 0.15) is 34.5 Å². The number of halogens is 1. The number of aromatic carboxylic acids is 1. The summed E-state index contributed by atoms with van der Waals surface area (Å²) in [6.07, 6.45) is 1.74. The maximum Gasteiger partial charge on any atom is 0.337 e. The third-order valence-electron chi connectivity index (χ3n) is 5.90. The van der Waals surface area contributed by atoms with Crippen LogP contribution in [0.15, 0.2) is 78.3 Å². The fraction of sp³-hybridized carbons (Fsp3) is 0.107. The van der Waals surface area contributed by atoms with Gasteiger partial charge >= 0.3 is 5.97 Å². The molecule has 0 aliphatic heterocycles. The van der Waals surface area contributed by atoms with Gasteiger partial charge < -0.3 is 10.4 Å². The van der Waals surface area contributed by atoms with Crippen molar-refractivity contribution in [3.8, 4) is 21.8 Å². The number of carboxylic acid groups (broad SMARTS) is 1. The topological polar surface area (TPSA) is 75.1 Å². The summed E-state index contributed by atoms with van der Waals surface area (Å²) < 4.78 is 13.7. The van der Waals surface area contributed by atoms with Crippen molar-refractivity contribution in [3.63, 3.8) is 0 Å². The van der Waals surface area contributed by atoms with E-state index in [0.29, 0.717) is 5.69 Å². The van der Waals surface area contributed by atoms with Gasteiger partial charge in [-0.25, -0.2) is 19.2 Å². The van der Waals surface area contributed by atoms with E-state index in [0.717, 1.165) is 43.9 Å². The van der Waals surface area contributed by atoms with Crippen LogP contribution in [0.3, 0.4) is 0 Å². The van der Waals surface area contributed by atoms with Crippen LogP contribution >= 0.6 is 11.3 Å². The molecule has 174 valence electrons. The number of fused-ring (bicyclic) bond motifs is 1. The molecule has 0 saturated heterocycles. The maximum atomic E-state index is 13.7. The van der Waals surface area contributed by atoms with Gasteiger partial charge in [-0.1, -0.05) is 30.3 Å².